The predicted octanol–water partition coefficient (Wildman–Crippen LogP) is 1.01. The van der Waals surface area contributed by atoms with Gasteiger partial charge in [0, 0.05) is 5.56 Å². The minimum Gasteiger partial charge on any atom is -0.366 e. The molecule has 0 spiro atoms. The molecule has 0 saturated carbocycles. The van der Waals surface area contributed by atoms with Crippen LogP contribution in [0.1, 0.15) is 29.6 Å². The van der Waals surface area contributed by atoms with Gasteiger partial charge in [-0.25, -0.2) is 4.39 Å². The molecule has 0 aromatic heterocycles. The van der Waals surface area contributed by atoms with Gasteiger partial charge in [0.25, 0.3) is 0 Å². The molecule has 0 bridgehead atoms. The fourth-order valence-corrected chi connectivity index (χ4v) is 2.07. The summed E-state index contributed by atoms with van der Waals surface area (Å²) in [6.07, 6.45) is 2.73. The predicted molar refractivity (Wildman–Crippen MR) is 69.2 cm³/mol. The lowest BCUT2D eigenvalue weighted by Gasteiger charge is -2.22. The van der Waals surface area contributed by atoms with Crippen molar-refractivity contribution in [2.45, 2.75) is 25.3 Å². The fourth-order valence-electron chi connectivity index (χ4n) is 2.07. The number of carbonyl (C=O) groups is 2. The van der Waals surface area contributed by atoms with Gasteiger partial charge >= 0.3 is 0 Å². The third kappa shape index (κ3) is 3.29. The SMILES string of the molecule is NC(=O)c1ccc(F)c(NC(=O)[C@H]2CCCCN2)c1. The molecule has 19 heavy (non-hydrogen) atoms. The van der Waals surface area contributed by atoms with Crippen LogP contribution in [0.2, 0.25) is 0 Å². The van der Waals surface area contributed by atoms with Gasteiger partial charge in [-0.15, -0.1) is 0 Å². The van der Waals surface area contributed by atoms with E-state index in [1.165, 1.54) is 12.1 Å². The molecule has 5 nitrogen and oxygen atoms in total. The first-order valence-electron chi connectivity index (χ1n) is 6.21. The highest BCUT2D eigenvalue weighted by Gasteiger charge is 2.21. The number of hydrogen-bond acceptors (Lipinski definition) is 3. The second-order valence-electron chi connectivity index (χ2n) is 4.55. The van der Waals surface area contributed by atoms with Gasteiger partial charge in [-0.2, -0.15) is 0 Å². The highest BCUT2D eigenvalue weighted by atomic mass is 19.1. The van der Waals surface area contributed by atoms with E-state index in [0.29, 0.717) is 0 Å². The van der Waals surface area contributed by atoms with Gasteiger partial charge in [-0.1, -0.05) is 6.42 Å². The standard InChI is InChI=1S/C13H16FN3O2/c14-9-5-4-8(12(15)18)7-11(9)17-13(19)10-3-1-2-6-16-10/h4-5,7,10,16H,1-3,6H2,(H2,15,18)(H,17,19)/t10-/m1/s1. The average Bonchev–Trinajstić information content (AvgIpc) is 2.42. The molecule has 4 N–H and O–H groups in total. The number of anilines is 1. The summed E-state index contributed by atoms with van der Waals surface area (Å²) in [5.74, 6) is -1.54. The number of amides is 2. The van der Waals surface area contributed by atoms with Crippen LogP contribution in [0.5, 0.6) is 0 Å². The molecule has 102 valence electrons. The Kier molecular flexibility index (Phi) is 4.11. The van der Waals surface area contributed by atoms with E-state index in [-0.39, 0.29) is 23.2 Å². The zero-order chi connectivity index (χ0) is 13.8. The summed E-state index contributed by atoms with van der Waals surface area (Å²) >= 11 is 0. The Morgan fingerprint density at radius 2 is 2.16 bits per heavy atom. The van der Waals surface area contributed by atoms with Crippen molar-refractivity contribution in [2.75, 3.05) is 11.9 Å². The minimum absolute atomic E-state index is 0.0197. The maximum atomic E-state index is 13.6. The molecule has 6 heteroatoms. The van der Waals surface area contributed by atoms with Crippen molar-refractivity contribution in [3.05, 3.63) is 29.6 Å². The third-order valence-corrected chi connectivity index (χ3v) is 3.14. The summed E-state index contributed by atoms with van der Waals surface area (Å²) in [7, 11) is 0. The first kappa shape index (κ1) is 13.5. The summed E-state index contributed by atoms with van der Waals surface area (Å²) < 4.78 is 13.6. The summed E-state index contributed by atoms with van der Waals surface area (Å²) in [5.41, 5.74) is 5.26. The van der Waals surface area contributed by atoms with Crippen LogP contribution in [-0.2, 0) is 4.79 Å². The summed E-state index contributed by atoms with van der Waals surface area (Å²) in [6.45, 7) is 0.780. The first-order valence-corrected chi connectivity index (χ1v) is 6.21. The maximum Gasteiger partial charge on any atom is 0.248 e. The van der Waals surface area contributed by atoms with Crippen LogP contribution in [-0.4, -0.2) is 24.4 Å². The van der Waals surface area contributed by atoms with Gasteiger partial charge in [0.05, 0.1) is 11.7 Å². The van der Waals surface area contributed by atoms with Crippen LogP contribution in [0.15, 0.2) is 18.2 Å². The first-order chi connectivity index (χ1) is 9.08. The van der Waals surface area contributed by atoms with Gasteiger partial charge in [0.1, 0.15) is 5.82 Å². The van der Waals surface area contributed by atoms with Gasteiger partial charge in [-0.05, 0) is 37.6 Å². The lowest BCUT2D eigenvalue weighted by atomic mass is 10.0. The molecule has 0 aliphatic carbocycles. The summed E-state index contributed by atoms with van der Waals surface area (Å²) in [5, 5.41) is 5.56. The second-order valence-corrected chi connectivity index (χ2v) is 4.55. The molecule has 1 heterocycles. The molecule has 1 aromatic carbocycles. The normalized spacial score (nSPS) is 18.9. The quantitative estimate of drug-likeness (QED) is 0.762. The Morgan fingerprint density at radius 3 is 2.79 bits per heavy atom. The van der Waals surface area contributed by atoms with E-state index >= 15 is 0 Å². The Hall–Kier alpha value is -1.95. The Bertz CT molecular complexity index is 499. The molecule has 1 atom stereocenters. The summed E-state index contributed by atoms with van der Waals surface area (Å²) in [6, 6.07) is 3.33. The maximum absolute atomic E-state index is 13.6. The average molecular weight is 265 g/mol. The molecule has 2 rings (SSSR count). The fraction of sp³-hybridized carbons (Fsp3) is 0.385. The number of nitrogens with one attached hydrogen (secondary N) is 2. The number of halogens is 1. The number of carbonyl (C=O) groups excluding carboxylic acids is 2. The monoisotopic (exact) mass is 265 g/mol. The number of piperidine rings is 1. The van der Waals surface area contributed by atoms with E-state index < -0.39 is 11.7 Å². The molecule has 0 radical (unpaired) electrons. The van der Waals surface area contributed by atoms with E-state index in [1.807, 2.05) is 0 Å². The highest BCUT2D eigenvalue weighted by molar-refractivity contribution is 5.98. The van der Waals surface area contributed by atoms with E-state index in [2.05, 4.69) is 10.6 Å². The second kappa shape index (κ2) is 5.79. The Morgan fingerprint density at radius 1 is 1.37 bits per heavy atom. The molecule has 1 aliphatic heterocycles. The lowest BCUT2D eigenvalue weighted by molar-refractivity contribution is -0.118. The number of primary amides is 1. The molecule has 1 aliphatic rings. The van der Waals surface area contributed by atoms with Crippen molar-refractivity contribution in [1.82, 2.24) is 5.32 Å². The summed E-state index contributed by atoms with van der Waals surface area (Å²) in [4.78, 5) is 23.0. The lowest BCUT2D eigenvalue weighted by Crippen LogP contribution is -2.43. The number of benzene rings is 1. The minimum atomic E-state index is -0.661. The molecular formula is C13H16FN3O2. The Balaban J connectivity index is 2.11. The van der Waals surface area contributed by atoms with Crippen molar-refractivity contribution in [3.63, 3.8) is 0 Å². The van der Waals surface area contributed by atoms with Gasteiger partial charge < -0.3 is 16.4 Å². The van der Waals surface area contributed by atoms with E-state index in [1.54, 1.807) is 0 Å². The van der Waals surface area contributed by atoms with Crippen LogP contribution in [0.25, 0.3) is 0 Å². The molecule has 1 fully saturated rings. The molecule has 1 saturated heterocycles. The van der Waals surface area contributed by atoms with Crippen LogP contribution < -0.4 is 16.4 Å². The molecule has 2 amide bonds. The van der Waals surface area contributed by atoms with Crippen molar-refractivity contribution < 1.29 is 14.0 Å². The van der Waals surface area contributed by atoms with Crippen LogP contribution in [0, 0.1) is 5.82 Å². The Labute approximate surface area is 110 Å². The van der Waals surface area contributed by atoms with E-state index in [9.17, 15) is 14.0 Å². The third-order valence-electron chi connectivity index (χ3n) is 3.14. The molecule has 0 unspecified atom stereocenters. The largest absolute Gasteiger partial charge is 0.366 e. The van der Waals surface area contributed by atoms with E-state index in [0.717, 1.165) is 31.9 Å². The molecule has 1 aromatic rings. The van der Waals surface area contributed by atoms with Crippen molar-refractivity contribution in [1.29, 1.82) is 0 Å². The topological polar surface area (TPSA) is 84.2 Å². The number of rotatable bonds is 3. The number of nitrogens with two attached hydrogens (primary N) is 1. The van der Waals surface area contributed by atoms with Crippen LogP contribution >= 0.6 is 0 Å². The zero-order valence-corrected chi connectivity index (χ0v) is 10.4. The number of hydrogen-bond donors (Lipinski definition) is 3. The highest BCUT2D eigenvalue weighted by Crippen LogP contribution is 2.17. The van der Waals surface area contributed by atoms with E-state index in [4.69, 9.17) is 5.73 Å². The van der Waals surface area contributed by atoms with Crippen LogP contribution in [0.3, 0.4) is 0 Å². The zero-order valence-electron chi connectivity index (χ0n) is 10.4. The van der Waals surface area contributed by atoms with Crippen molar-refractivity contribution in [3.8, 4) is 0 Å². The smallest absolute Gasteiger partial charge is 0.248 e. The van der Waals surface area contributed by atoms with Gasteiger partial charge in [-0.3, -0.25) is 9.59 Å². The van der Waals surface area contributed by atoms with Gasteiger partial charge in [0.2, 0.25) is 11.8 Å². The van der Waals surface area contributed by atoms with Gasteiger partial charge in [0.15, 0.2) is 0 Å². The molecular weight excluding hydrogens is 249 g/mol. The van der Waals surface area contributed by atoms with Crippen molar-refractivity contribution in [2.24, 2.45) is 5.73 Å². The van der Waals surface area contributed by atoms with Crippen LogP contribution in [0.4, 0.5) is 10.1 Å². The van der Waals surface area contributed by atoms with Crippen molar-refractivity contribution >= 4 is 17.5 Å².